The molecule has 44 radical (unpaired) electrons. The van der Waals surface area contributed by atoms with Crippen LogP contribution in [-0.4, -0.2) is 409 Å². The third kappa shape index (κ3) is 34.6. The van der Waals surface area contributed by atoms with Crippen LogP contribution in [0.2, 0.25) is 0 Å². The van der Waals surface area contributed by atoms with Gasteiger partial charge in [-0.3, -0.25) is 9.59 Å². The molecule has 0 fully saturated rings. The lowest BCUT2D eigenvalue weighted by atomic mass is 8.27. The Bertz CT molecular complexity index is 3480. The molecule has 0 saturated heterocycles. The van der Waals surface area contributed by atoms with E-state index in [9.17, 15) is 24.0 Å². The van der Waals surface area contributed by atoms with Crippen molar-refractivity contribution in [2.75, 3.05) is 46.8 Å². The summed E-state index contributed by atoms with van der Waals surface area (Å²) in [6, 6.07) is 10.4. The van der Waals surface area contributed by atoms with Crippen LogP contribution in [0.5, 0.6) is 0 Å². The summed E-state index contributed by atoms with van der Waals surface area (Å²) >= 11 is 0. The van der Waals surface area contributed by atoms with Gasteiger partial charge in [-0.15, -0.1) is 0 Å². The highest BCUT2D eigenvalue weighted by Crippen LogP contribution is 2.35. The molecule has 0 bridgehead atoms. The van der Waals surface area contributed by atoms with Gasteiger partial charge in [0.05, 0.1) is 43.2 Å². The highest BCUT2D eigenvalue weighted by atomic mass is 16.6. The number of carboxylic acids is 1. The van der Waals surface area contributed by atoms with E-state index >= 15 is 0 Å². The van der Waals surface area contributed by atoms with Crippen LogP contribution in [0.25, 0.3) is 0 Å². The number of aliphatic carboxylic acids is 1. The van der Waals surface area contributed by atoms with E-state index in [1.807, 2.05) is 77.2 Å². The first kappa shape index (κ1) is 109. The highest BCUT2D eigenvalue weighted by molar-refractivity contribution is 8.33. The minimum atomic E-state index is -1.30. The first-order valence-electron chi connectivity index (χ1n) is 39.8. The number of rotatable bonds is 39. The molecule has 2 aliphatic rings. The van der Waals surface area contributed by atoms with Crippen molar-refractivity contribution in [3.63, 3.8) is 0 Å². The van der Waals surface area contributed by atoms with Crippen molar-refractivity contribution in [2.24, 2.45) is 12.8 Å². The number of hydrogen-bond acceptors (Lipinski definition) is 12. The van der Waals surface area contributed by atoms with E-state index in [0.29, 0.717) is 12.8 Å². The van der Waals surface area contributed by atoms with Gasteiger partial charge >= 0.3 is 18.2 Å². The highest BCUT2D eigenvalue weighted by Gasteiger charge is 2.58. The number of fused-ring (bicyclic) bond motifs is 2. The summed E-state index contributed by atoms with van der Waals surface area (Å²) in [6.07, 6.45) is -8.17. The molecule has 0 aliphatic carbocycles. The average molecular weight is 1500 g/mol. The Kier molecular flexibility index (Phi) is 48.5. The van der Waals surface area contributed by atoms with Gasteiger partial charge in [-0.1, -0.05) is 78.9 Å². The molecule has 2 aliphatic heterocycles. The monoisotopic (exact) mass is 1510 g/mol. The fraction of sp³-hybridized carbons (Fsp3) is 0.589. The maximum Gasteiger partial charge on any atom is 0.408 e. The van der Waals surface area contributed by atoms with E-state index in [0.717, 1.165) is 112 Å². The summed E-state index contributed by atoms with van der Waals surface area (Å²) in [5, 5.41) is 14.0. The number of hydrogen-bond donors (Lipinski definition) is 5. The van der Waals surface area contributed by atoms with Gasteiger partial charge in [-0.05, 0) is 109 Å². The Morgan fingerprint density at radius 1 is 0.521 bits per heavy atom. The largest absolute Gasteiger partial charge is 0.480 e. The van der Waals surface area contributed by atoms with E-state index in [1.165, 1.54) is 16.8 Å². The van der Waals surface area contributed by atoms with Gasteiger partial charge < -0.3 is 60.1 Å². The zero-order valence-electron chi connectivity index (χ0n) is 70.4. The van der Waals surface area contributed by atoms with Crippen molar-refractivity contribution in [1.29, 1.82) is 0 Å². The fourth-order valence-corrected chi connectivity index (χ4v) is 15.4. The number of carboxylic acid groups (broad SMARTS) is 1. The van der Waals surface area contributed by atoms with Crippen molar-refractivity contribution in [2.45, 2.75) is 183 Å². The Morgan fingerprint density at radius 2 is 0.863 bits per heavy atom. The molecule has 0 spiro atoms. The number of anilines is 4. The van der Waals surface area contributed by atoms with Gasteiger partial charge in [0.1, 0.15) is 23.3 Å². The number of nitrogens with one attached hydrogen (secondary N) is 3. The molecule has 4 heterocycles. The number of benzene rings is 2. The number of carbonyl (C=O) groups excluding carboxylic acids is 4. The molecule has 3 atom stereocenters. The molecule has 542 valence electrons. The number of ether oxygens (including phenoxy) is 2. The number of aryl methyl sites for hydroxylation is 1. The van der Waals surface area contributed by atoms with E-state index in [-0.39, 0.29) is 19.2 Å². The van der Waals surface area contributed by atoms with Crippen molar-refractivity contribution in [3.05, 3.63) is 84.0 Å². The maximum atomic E-state index is 13.4. The summed E-state index contributed by atoms with van der Waals surface area (Å²) in [4.78, 5) is 80.1. The lowest BCUT2D eigenvalue weighted by Gasteiger charge is -2.55. The average Bonchev–Trinajstić information content (AvgIpc) is 1.36. The molecular formula is C56H89B42N11O8. The van der Waals surface area contributed by atoms with Crippen LogP contribution in [-0.2, 0) is 56.8 Å². The maximum absolute atomic E-state index is 13.4. The van der Waals surface area contributed by atoms with Gasteiger partial charge in [-0.2, -0.15) is 0 Å². The molecule has 6 rings (SSSR count). The second kappa shape index (κ2) is 52.0. The number of carbonyl (C=O) groups is 5. The standard InChI is InChI=1S/C25H37N5O3.C19H27N5O.C11H21NO4.CH4.B42/c1-7-8-9-21(27-24(32)33-25(2,3)4)23(31)29(6)20-11-10-18-12-13-30(22(18)14-20)16-19-15-28(5)17-26-19;1-3-4-5-17(20)19(25)23(2)16-7-6-14-8-9-24(18(14)10-16)12-15-11-21-13-22-15;1-5-6-7-8(9(13)14)12-10(15)16-11(2,3)4;;1-23(2)34(24(3)4)39(33(21)22)42(40(35(25(5)6)26(7)8)36(27(9)10)28(11)12)41(37(29(13)14)30(15)16)38(31(17)18)32(19)20/h10-11,14-15,17,21H,7-9,12-13,16H2,1-6H3,(H,27,32);6-7,10-11,13,17H,3-5,8-9,12,20H2,1-2H3,(H,21,22);8H,5-7H2,1-4H3,(H,12,15)(H,13,14);1H4;/t21-;17-;8-;;/m000../s1. The quantitative estimate of drug-likeness (QED) is 0.0262. The number of alkyl carbamates (subject to hydrolysis) is 2. The number of nitrogens with zero attached hydrogens (tertiary/aromatic N) is 7. The third-order valence-electron chi connectivity index (χ3n) is 20.9. The van der Waals surface area contributed by atoms with Crippen molar-refractivity contribution in [1.82, 2.24) is 30.2 Å². The summed E-state index contributed by atoms with van der Waals surface area (Å²) in [7, 11) is 144. The predicted octanol–water partition coefficient (Wildman–Crippen LogP) is -6.72. The topological polar surface area (TPSA) is 234 Å². The number of aromatic amines is 1. The number of H-pyrrole nitrogens is 1. The Hall–Kier alpha value is -3.90. The van der Waals surface area contributed by atoms with Crippen molar-refractivity contribution < 1.29 is 38.6 Å². The lowest BCUT2D eigenvalue weighted by Crippen LogP contribution is -2.93. The summed E-state index contributed by atoms with van der Waals surface area (Å²) in [6.45, 7) is 20.2. The Balaban J connectivity index is 0.000000553. The number of nitrogens with two attached hydrogens (primary N) is 1. The zero-order chi connectivity index (χ0) is 88.3. The lowest BCUT2D eigenvalue weighted by molar-refractivity contribution is -0.139. The predicted molar refractivity (Wildman–Crippen MR) is 540 cm³/mol. The van der Waals surface area contributed by atoms with E-state index in [1.54, 1.807) is 43.9 Å². The summed E-state index contributed by atoms with van der Waals surface area (Å²) < 4.78 is 12.3. The van der Waals surface area contributed by atoms with Crippen molar-refractivity contribution >= 4 is 351 Å². The van der Waals surface area contributed by atoms with E-state index in [2.05, 4.69) is 73.5 Å². The molecular weight excluding hydrogens is 1410 g/mol. The first-order valence-corrected chi connectivity index (χ1v) is 39.8. The SMILES string of the molecule is C.CCCC[C@H](N)C(=O)N(C)c1ccc2c(c1)N(Cc1cnc[nH]1)CC2.CCCC[C@H](NC(=O)OC(C)(C)C)C(=O)N(C)c1ccc2c(c1)N(Cc1cn(C)cn1)CC2.CCCC[C@H](NC(=O)OC(C)(C)C)C(=O)O.[B]B([B])B(B([B])[B])B(B([B])[B])B(B(B(B([B])[B])B([B])[B])B(B([B])[B])B([B])[B])B(B(B([B])[B])B([B])[B])B(B([B])[B])B([B])[B]. The number of unbranched alkanes of at least 4 members (excludes halogenated alkanes) is 3. The van der Waals surface area contributed by atoms with Gasteiger partial charge in [0, 0.05) is 367 Å². The number of imidazole rings is 2. The Labute approximate surface area is 740 Å². The van der Waals surface area contributed by atoms with E-state index in [4.69, 9.17) is 191 Å². The van der Waals surface area contributed by atoms with Gasteiger partial charge in [0.25, 0.3) is 0 Å². The second-order valence-corrected chi connectivity index (χ2v) is 32.7. The van der Waals surface area contributed by atoms with Gasteiger partial charge in [-0.25, -0.2) is 24.4 Å². The van der Waals surface area contributed by atoms with Crippen LogP contribution in [0.3, 0.4) is 0 Å². The molecule has 2 aromatic heterocycles. The van der Waals surface area contributed by atoms with Crippen LogP contribution in [0.15, 0.2) is 61.4 Å². The molecule has 4 aromatic rings. The number of amides is 4. The van der Waals surface area contributed by atoms with Crippen LogP contribution in [0, 0.1) is 0 Å². The number of aromatic nitrogens is 4. The van der Waals surface area contributed by atoms with Crippen LogP contribution in [0.1, 0.15) is 150 Å². The minimum absolute atomic E-state index is 0. The molecule has 2 aromatic carbocycles. The van der Waals surface area contributed by atoms with E-state index < -0.39 is 175 Å². The third-order valence-corrected chi connectivity index (χ3v) is 20.9. The summed E-state index contributed by atoms with van der Waals surface area (Å²) in [5.74, 6) is -1.20. The molecule has 19 nitrogen and oxygen atoms in total. The minimum Gasteiger partial charge on any atom is -0.480 e. The molecule has 0 saturated carbocycles. The zero-order valence-corrected chi connectivity index (χ0v) is 70.4. The Morgan fingerprint density at radius 3 is 1.20 bits per heavy atom. The number of likely N-dealkylation sites (N-methyl/N-ethyl adjacent to an activating group) is 2. The van der Waals surface area contributed by atoms with Crippen LogP contribution in [0.4, 0.5) is 32.3 Å². The van der Waals surface area contributed by atoms with Gasteiger partial charge in [0.2, 0.25) is 11.8 Å². The van der Waals surface area contributed by atoms with Crippen molar-refractivity contribution in [3.8, 4) is 0 Å². The van der Waals surface area contributed by atoms with Gasteiger partial charge in [0.15, 0.2) is 0 Å². The normalized spacial score (nSPS) is 12.3. The molecule has 4 amide bonds. The fourth-order valence-electron chi connectivity index (χ4n) is 15.4. The molecule has 61 heteroatoms. The molecule has 0 unspecified atom stereocenters. The smallest absolute Gasteiger partial charge is 0.408 e. The first-order chi connectivity index (χ1) is 54.0. The second-order valence-electron chi connectivity index (χ2n) is 32.7. The molecule has 117 heavy (non-hydrogen) atoms. The summed E-state index contributed by atoms with van der Waals surface area (Å²) in [5.41, 5.74) is 13.5. The van der Waals surface area contributed by atoms with Crippen LogP contribution < -0.4 is 36.0 Å². The van der Waals surface area contributed by atoms with Crippen LogP contribution >= 0.6 is 0 Å². The molecule has 6 N–H and O–H groups in total.